The number of rotatable bonds is 4. The first-order valence-electron chi connectivity index (χ1n) is 8.07. The summed E-state index contributed by atoms with van der Waals surface area (Å²) in [7, 11) is 0. The summed E-state index contributed by atoms with van der Waals surface area (Å²) in [5, 5.41) is 4.50. The van der Waals surface area contributed by atoms with Crippen LogP contribution < -0.4 is 10.2 Å². The Morgan fingerprint density at radius 2 is 2.00 bits per heavy atom. The van der Waals surface area contributed by atoms with E-state index in [1.165, 1.54) is 0 Å². The molecule has 0 saturated heterocycles. The standard InChI is InChI=1S/C18H20Cl2N4/c1-4-21-18-22-11(3)15-8-12(10-24(5-2)17(15)23-18)14-7-6-13(19)9-16(14)20/h6-9H,4-5,10H2,1-3H3,(H,21,22,23). The maximum Gasteiger partial charge on any atom is 0.224 e. The lowest BCUT2D eigenvalue weighted by Crippen LogP contribution is -2.30. The molecule has 1 aliphatic rings. The molecule has 24 heavy (non-hydrogen) atoms. The first-order valence-corrected chi connectivity index (χ1v) is 8.82. The van der Waals surface area contributed by atoms with Crippen LogP contribution in [0.3, 0.4) is 0 Å². The summed E-state index contributed by atoms with van der Waals surface area (Å²) in [5.41, 5.74) is 4.15. The van der Waals surface area contributed by atoms with Crippen LogP contribution in [0.5, 0.6) is 0 Å². The number of nitrogens with one attached hydrogen (secondary N) is 1. The van der Waals surface area contributed by atoms with Crippen molar-refractivity contribution in [2.24, 2.45) is 0 Å². The quantitative estimate of drug-likeness (QED) is 0.839. The predicted octanol–water partition coefficient (Wildman–Crippen LogP) is 4.90. The monoisotopic (exact) mass is 362 g/mol. The number of aromatic nitrogens is 2. The lowest BCUT2D eigenvalue weighted by molar-refractivity contribution is 0.868. The van der Waals surface area contributed by atoms with Crippen molar-refractivity contribution in [1.82, 2.24) is 9.97 Å². The van der Waals surface area contributed by atoms with Gasteiger partial charge in [0.05, 0.1) is 5.69 Å². The Kier molecular flexibility index (Phi) is 4.97. The van der Waals surface area contributed by atoms with Gasteiger partial charge in [0.15, 0.2) is 0 Å². The van der Waals surface area contributed by atoms with Crippen molar-refractivity contribution in [2.75, 3.05) is 29.9 Å². The van der Waals surface area contributed by atoms with E-state index < -0.39 is 0 Å². The van der Waals surface area contributed by atoms with Crippen molar-refractivity contribution in [3.8, 4) is 0 Å². The van der Waals surface area contributed by atoms with Crippen LogP contribution >= 0.6 is 23.2 Å². The average molecular weight is 363 g/mol. The minimum atomic E-state index is 0.641. The summed E-state index contributed by atoms with van der Waals surface area (Å²) in [4.78, 5) is 11.5. The number of fused-ring (bicyclic) bond motifs is 1. The van der Waals surface area contributed by atoms with E-state index in [-0.39, 0.29) is 0 Å². The van der Waals surface area contributed by atoms with Crippen molar-refractivity contribution < 1.29 is 0 Å². The summed E-state index contributed by atoms with van der Waals surface area (Å²) < 4.78 is 0. The fourth-order valence-electron chi connectivity index (χ4n) is 2.89. The van der Waals surface area contributed by atoms with Crippen LogP contribution in [-0.4, -0.2) is 29.6 Å². The third kappa shape index (κ3) is 3.21. The molecule has 6 heteroatoms. The fourth-order valence-corrected chi connectivity index (χ4v) is 3.42. The molecule has 0 aliphatic carbocycles. The predicted molar refractivity (Wildman–Crippen MR) is 103 cm³/mol. The maximum atomic E-state index is 6.40. The van der Waals surface area contributed by atoms with Crippen LogP contribution in [0.25, 0.3) is 11.6 Å². The van der Waals surface area contributed by atoms with Crippen LogP contribution in [-0.2, 0) is 0 Å². The second-order valence-corrected chi connectivity index (χ2v) is 6.55. The minimum absolute atomic E-state index is 0.641. The van der Waals surface area contributed by atoms with Gasteiger partial charge in [-0.2, -0.15) is 4.98 Å². The van der Waals surface area contributed by atoms with Gasteiger partial charge in [0.25, 0.3) is 0 Å². The first kappa shape index (κ1) is 17.1. The first-order chi connectivity index (χ1) is 11.5. The number of halogens is 2. The van der Waals surface area contributed by atoms with E-state index in [4.69, 9.17) is 23.2 Å². The maximum absolute atomic E-state index is 6.40. The highest BCUT2D eigenvalue weighted by Gasteiger charge is 2.23. The second-order valence-electron chi connectivity index (χ2n) is 5.71. The summed E-state index contributed by atoms with van der Waals surface area (Å²) in [6.45, 7) is 8.59. The number of likely N-dealkylation sites (N-methyl/N-ethyl adjacent to an activating group) is 1. The molecular weight excluding hydrogens is 343 g/mol. The van der Waals surface area contributed by atoms with E-state index in [1.807, 2.05) is 26.0 Å². The van der Waals surface area contributed by atoms with Crippen molar-refractivity contribution in [1.29, 1.82) is 0 Å². The van der Waals surface area contributed by atoms with Crippen LogP contribution in [0.4, 0.5) is 11.8 Å². The van der Waals surface area contributed by atoms with E-state index >= 15 is 0 Å². The minimum Gasteiger partial charge on any atom is -0.354 e. The average Bonchev–Trinajstić information content (AvgIpc) is 2.54. The van der Waals surface area contributed by atoms with Crippen molar-refractivity contribution >= 4 is 46.6 Å². The molecule has 1 N–H and O–H groups in total. The molecule has 3 rings (SSSR count). The van der Waals surface area contributed by atoms with Crippen molar-refractivity contribution in [3.05, 3.63) is 45.1 Å². The van der Waals surface area contributed by atoms with Crippen LogP contribution in [0.1, 0.15) is 30.7 Å². The molecule has 0 atom stereocenters. The van der Waals surface area contributed by atoms with Crippen LogP contribution in [0, 0.1) is 6.92 Å². The molecule has 126 valence electrons. The lowest BCUT2D eigenvalue weighted by atomic mass is 9.98. The van der Waals surface area contributed by atoms with Gasteiger partial charge in [-0.3, -0.25) is 0 Å². The van der Waals surface area contributed by atoms with Gasteiger partial charge in [0, 0.05) is 35.2 Å². The highest BCUT2D eigenvalue weighted by molar-refractivity contribution is 6.35. The van der Waals surface area contributed by atoms with E-state index in [1.54, 1.807) is 6.07 Å². The lowest BCUT2D eigenvalue weighted by Gasteiger charge is -2.30. The van der Waals surface area contributed by atoms with Crippen LogP contribution in [0.2, 0.25) is 10.0 Å². The number of aryl methyl sites for hydroxylation is 1. The zero-order valence-corrected chi connectivity index (χ0v) is 15.5. The molecule has 0 spiro atoms. The Morgan fingerprint density at radius 1 is 1.21 bits per heavy atom. The molecule has 0 bridgehead atoms. The van der Waals surface area contributed by atoms with Gasteiger partial charge in [0.2, 0.25) is 5.95 Å². The van der Waals surface area contributed by atoms with Gasteiger partial charge in [-0.25, -0.2) is 4.98 Å². The number of nitrogens with zero attached hydrogens (tertiary/aromatic N) is 3. The molecule has 4 nitrogen and oxygen atoms in total. The molecule has 1 aromatic carbocycles. The fraction of sp³-hybridized carbons (Fsp3) is 0.333. The van der Waals surface area contributed by atoms with E-state index in [0.717, 1.165) is 47.8 Å². The molecule has 1 aromatic heterocycles. The molecule has 0 saturated carbocycles. The summed E-state index contributed by atoms with van der Waals surface area (Å²) in [6, 6.07) is 5.62. The van der Waals surface area contributed by atoms with Gasteiger partial charge in [-0.15, -0.1) is 0 Å². The smallest absolute Gasteiger partial charge is 0.224 e. The zero-order chi connectivity index (χ0) is 17.3. The van der Waals surface area contributed by atoms with Gasteiger partial charge in [0.1, 0.15) is 5.82 Å². The topological polar surface area (TPSA) is 41.1 Å². The van der Waals surface area contributed by atoms with Crippen LogP contribution in [0.15, 0.2) is 18.2 Å². The Labute approximate surface area is 152 Å². The Hall–Kier alpha value is -1.78. The SMILES string of the molecule is CCNc1nc(C)c2c(n1)N(CC)CC(c1ccc(Cl)cc1Cl)=C2. The van der Waals surface area contributed by atoms with E-state index in [9.17, 15) is 0 Å². The largest absolute Gasteiger partial charge is 0.354 e. The van der Waals surface area contributed by atoms with Gasteiger partial charge in [-0.05, 0) is 50.1 Å². The number of hydrogen-bond donors (Lipinski definition) is 1. The van der Waals surface area contributed by atoms with Crippen molar-refractivity contribution in [3.63, 3.8) is 0 Å². The second kappa shape index (κ2) is 6.99. The number of benzene rings is 1. The molecule has 0 amide bonds. The van der Waals surface area contributed by atoms with Gasteiger partial charge >= 0.3 is 0 Å². The summed E-state index contributed by atoms with van der Waals surface area (Å²) in [6.07, 6.45) is 2.14. The normalized spacial score (nSPS) is 13.5. The Bertz CT molecular complexity index is 802. The summed E-state index contributed by atoms with van der Waals surface area (Å²) >= 11 is 12.4. The van der Waals surface area contributed by atoms with Crippen molar-refractivity contribution in [2.45, 2.75) is 20.8 Å². The molecule has 0 fully saturated rings. The molecular formula is C18H20Cl2N4. The zero-order valence-electron chi connectivity index (χ0n) is 14.0. The molecule has 0 radical (unpaired) electrons. The molecule has 1 aliphatic heterocycles. The number of anilines is 2. The van der Waals surface area contributed by atoms with E-state index in [2.05, 4.69) is 33.2 Å². The molecule has 2 heterocycles. The Balaban J connectivity index is 2.11. The Morgan fingerprint density at radius 3 is 2.67 bits per heavy atom. The molecule has 2 aromatic rings. The highest BCUT2D eigenvalue weighted by atomic mass is 35.5. The number of hydrogen-bond acceptors (Lipinski definition) is 4. The van der Waals surface area contributed by atoms with Gasteiger partial charge < -0.3 is 10.2 Å². The third-order valence-corrected chi connectivity index (χ3v) is 4.64. The van der Waals surface area contributed by atoms with Gasteiger partial charge in [-0.1, -0.05) is 29.3 Å². The van der Waals surface area contributed by atoms with E-state index in [0.29, 0.717) is 16.0 Å². The summed E-state index contributed by atoms with van der Waals surface area (Å²) in [5.74, 6) is 1.64. The highest BCUT2D eigenvalue weighted by Crippen LogP contribution is 2.36. The third-order valence-electron chi connectivity index (χ3n) is 4.09. The molecule has 0 unspecified atom stereocenters.